The molecule has 1 unspecified atom stereocenters. The molecule has 2 heterocycles. The van der Waals surface area contributed by atoms with E-state index in [-0.39, 0.29) is 12.1 Å². The Morgan fingerprint density at radius 1 is 0.971 bits per heavy atom. The Morgan fingerprint density at radius 3 is 2.51 bits per heavy atom. The molecule has 0 radical (unpaired) electrons. The number of anilines is 1. The van der Waals surface area contributed by atoms with Crippen molar-refractivity contribution in [3.63, 3.8) is 0 Å². The predicted octanol–water partition coefficient (Wildman–Crippen LogP) is 6.19. The van der Waals surface area contributed by atoms with Gasteiger partial charge in [-0.25, -0.2) is 4.79 Å². The minimum atomic E-state index is -0.271. The second kappa shape index (κ2) is 9.58. The van der Waals surface area contributed by atoms with Crippen molar-refractivity contribution in [2.75, 3.05) is 19.5 Å². The molecule has 35 heavy (non-hydrogen) atoms. The smallest absolute Gasteiger partial charge is 0.323 e. The predicted molar refractivity (Wildman–Crippen MR) is 138 cm³/mol. The van der Waals surface area contributed by atoms with E-state index in [0.717, 1.165) is 28.9 Å². The van der Waals surface area contributed by atoms with Crippen LogP contribution in [0.1, 0.15) is 35.3 Å². The van der Waals surface area contributed by atoms with E-state index in [1.807, 2.05) is 29.2 Å². The molecule has 5 rings (SSSR count). The molecule has 3 aromatic carbocycles. The van der Waals surface area contributed by atoms with Crippen LogP contribution in [-0.2, 0) is 13.0 Å². The number of hydrogen-bond donors (Lipinski definition) is 1. The molecule has 1 aromatic heterocycles. The van der Waals surface area contributed by atoms with Gasteiger partial charge in [-0.2, -0.15) is 0 Å². The van der Waals surface area contributed by atoms with E-state index in [2.05, 4.69) is 65.5 Å². The van der Waals surface area contributed by atoms with Crippen LogP contribution in [0.4, 0.5) is 10.5 Å². The van der Waals surface area contributed by atoms with Gasteiger partial charge in [0.25, 0.3) is 0 Å². The lowest BCUT2D eigenvalue weighted by Crippen LogP contribution is -2.38. The fourth-order valence-electron chi connectivity index (χ4n) is 4.71. The fourth-order valence-corrected chi connectivity index (χ4v) is 4.71. The molecule has 1 aliphatic rings. The summed E-state index contributed by atoms with van der Waals surface area (Å²) in [5.41, 5.74) is 6.11. The van der Waals surface area contributed by atoms with E-state index in [0.29, 0.717) is 23.7 Å². The average molecular weight is 468 g/mol. The number of benzene rings is 3. The maximum Gasteiger partial charge on any atom is 0.323 e. The SMILES string of the molecule is CCc1ccc(C2c3cccn3-c3ccccc3CN2C(=O)Nc2ccc(OC)cc2OC)cc1. The molecule has 0 aliphatic carbocycles. The number of fused-ring (bicyclic) bond motifs is 3. The van der Waals surface area contributed by atoms with Crippen molar-refractivity contribution >= 4 is 11.7 Å². The second-order valence-electron chi connectivity index (χ2n) is 8.55. The highest BCUT2D eigenvalue weighted by Gasteiger charge is 2.33. The zero-order valence-electron chi connectivity index (χ0n) is 20.2. The van der Waals surface area contributed by atoms with Gasteiger partial charge in [-0.05, 0) is 53.4 Å². The number of amides is 2. The lowest BCUT2D eigenvalue weighted by molar-refractivity contribution is 0.194. The van der Waals surface area contributed by atoms with Crippen molar-refractivity contribution in [3.8, 4) is 17.2 Å². The summed E-state index contributed by atoms with van der Waals surface area (Å²) in [6, 6.07) is 25.8. The number of methoxy groups -OCH3 is 2. The number of hydrogen-bond acceptors (Lipinski definition) is 3. The number of rotatable bonds is 5. The van der Waals surface area contributed by atoms with Crippen molar-refractivity contribution < 1.29 is 14.3 Å². The van der Waals surface area contributed by atoms with Gasteiger partial charge < -0.3 is 24.3 Å². The van der Waals surface area contributed by atoms with Gasteiger partial charge in [0, 0.05) is 18.0 Å². The first kappa shape index (κ1) is 22.6. The maximum atomic E-state index is 13.9. The molecule has 178 valence electrons. The second-order valence-corrected chi connectivity index (χ2v) is 8.55. The average Bonchev–Trinajstić information content (AvgIpc) is 3.33. The highest BCUT2D eigenvalue weighted by atomic mass is 16.5. The van der Waals surface area contributed by atoms with Crippen LogP contribution in [0.15, 0.2) is 85.1 Å². The summed E-state index contributed by atoms with van der Waals surface area (Å²) >= 11 is 0. The molecule has 0 saturated heterocycles. The minimum Gasteiger partial charge on any atom is -0.497 e. The van der Waals surface area contributed by atoms with Crippen molar-refractivity contribution in [2.24, 2.45) is 0 Å². The van der Waals surface area contributed by atoms with E-state index in [1.165, 1.54) is 5.56 Å². The standard InChI is InChI=1S/C29H29N3O3/c1-4-20-11-13-21(14-12-20)28-26-10-7-17-31(26)25-9-6-5-8-22(25)19-32(28)29(33)30-24-16-15-23(34-2)18-27(24)35-3/h5-18,28H,4,19H2,1-3H3,(H,30,33). The van der Waals surface area contributed by atoms with Gasteiger partial charge in [0.15, 0.2) is 0 Å². The van der Waals surface area contributed by atoms with Gasteiger partial charge >= 0.3 is 6.03 Å². The van der Waals surface area contributed by atoms with Crippen LogP contribution in [0.2, 0.25) is 0 Å². The molecule has 4 aromatic rings. The van der Waals surface area contributed by atoms with E-state index >= 15 is 0 Å². The number of aryl methyl sites for hydroxylation is 1. The van der Waals surface area contributed by atoms with Crippen LogP contribution in [0.25, 0.3) is 5.69 Å². The van der Waals surface area contributed by atoms with E-state index < -0.39 is 0 Å². The molecule has 1 atom stereocenters. The molecular formula is C29H29N3O3. The molecule has 6 heteroatoms. The highest BCUT2D eigenvalue weighted by Crippen LogP contribution is 2.38. The fraction of sp³-hybridized carbons (Fsp3) is 0.207. The van der Waals surface area contributed by atoms with Gasteiger partial charge in [0.2, 0.25) is 0 Å². The highest BCUT2D eigenvalue weighted by molar-refractivity contribution is 5.92. The number of aromatic nitrogens is 1. The van der Waals surface area contributed by atoms with Crippen molar-refractivity contribution in [1.29, 1.82) is 0 Å². The van der Waals surface area contributed by atoms with E-state index in [4.69, 9.17) is 9.47 Å². The Balaban J connectivity index is 1.60. The topological polar surface area (TPSA) is 55.7 Å². The third-order valence-electron chi connectivity index (χ3n) is 6.58. The number of para-hydroxylation sites is 1. The molecule has 6 nitrogen and oxygen atoms in total. The monoisotopic (exact) mass is 467 g/mol. The summed E-state index contributed by atoms with van der Waals surface area (Å²) in [7, 11) is 3.18. The summed E-state index contributed by atoms with van der Waals surface area (Å²) in [5.74, 6) is 1.20. The molecule has 1 N–H and O–H groups in total. The number of nitrogens with one attached hydrogen (secondary N) is 1. The minimum absolute atomic E-state index is 0.206. The third kappa shape index (κ3) is 4.23. The van der Waals surface area contributed by atoms with Crippen LogP contribution in [0, 0.1) is 0 Å². The van der Waals surface area contributed by atoms with Gasteiger partial charge in [0.05, 0.1) is 38.2 Å². The molecule has 0 bridgehead atoms. The van der Waals surface area contributed by atoms with Crippen LogP contribution >= 0.6 is 0 Å². The quantitative estimate of drug-likeness (QED) is 0.381. The summed E-state index contributed by atoms with van der Waals surface area (Å²) < 4.78 is 13.0. The van der Waals surface area contributed by atoms with Gasteiger partial charge in [-0.15, -0.1) is 0 Å². The van der Waals surface area contributed by atoms with Crippen LogP contribution in [-0.4, -0.2) is 29.7 Å². The normalized spacial score (nSPS) is 14.5. The Labute approximate surface area is 205 Å². The molecule has 0 spiro atoms. The maximum absolute atomic E-state index is 13.9. The lowest BCUT2D eigenvalue weighted by Gasteiger charge is -2.31. The number of ether oxygens (including phenoxy) is 2. The molecule has 0 saturated carbocycles. The van der Waals surface area contributed by atoms with E-state index in [1.54, 1.807) is 26.4 Å². The number of urea groups is 1. The first-order valence-corrected chi connectivity index (χ1v) is 11.8. The first-order chi connectivity index (χ1) is 17.1. The molecule has 2 amide bonds. The van der Waals surface area contributed by atoms with Gasteiger partial charge in [-0.3, -0.25) is 0 Å². The molecule has 1 aliphatic heterocycles. The zero-order valence-corrected chi connectivity index (χ0v) is 20.2. The van der Waals surface area contributed by atoms with Crippen LogP contribution in [0.5, 0.6) is 11.5 Å². The molecular weight excluding hydrogens is 438 g/mol. The van der Waals surface area contributed by atoms with Crippen LogP contribution < -0.4 is 14.8 Å². The van der Waals surface area contributed by atoms with Crippen molar-refractivity contribution in [1.82, 2.24) is 9.47 Å². The zero-order chi connectivity index (χ0) is 24.4. The summed E-state index contributed by atoms with van der Waals surface area (Å²) in [5, 5.41) is 3.08. The largest absolute Gasteiger partial charge is 0.497 e. The van der Waals surface area contributed by atoms with Gasteiger partial charge in [0.1, 0.15) is 11.5 Å². The third-order valence-corrected chi connectivity index (χ3v) is 6.58. The summed E-state index contributed by atoms with van der Waals surface area (Å²) in [4.78, 5) is 15.8. The lowest BCUT2D eigenvalue weighted by atomic mass is 10.00. The number of carbonyl (C=O) groups excluding carboxylic acids is 1. The van der Waals surface area contributed by atoms with Crippen molar-refractivity contribution in [3.05, 3.63) is 107 Å². The van der Waals surface area contributed by atoms with Crippen LogP contribution in [0.3, 0.4) is 0 Å². The Kier molecular flexibility index (Phi) is 6.19. The Hall–Kier alpha value is -4.19. The Morgan fingerprint density at radius 2 is 1.77 bits per heavy atom. The number of nitrogens with zero attached hydrogens (tertiary/aromatic N) is 2. The summed E-state index contributed by atoms with van der Waals surface area (Å²) in [6.45, 7) is 2.60. The molecule has 0 fully saturated rings. The first-order valence-electron chi connectivity index (χ1n) is 11.8. The number of carbonyl (C=O) groups is 1. The Bertz CT molecular complexity index is 1340. The van der Waals surface area contributed by atoms with Crippen molar-refractivity contribution in [2.45, 2.75) is 25.9 Å². The summed E-state index contributed by atoms with van der Waals surface area (Å²) in [6.07, 6.45) is 3.03. The van der Waals surface area contributed by atoms with Gasteiger partial charge in [-0.1, -0.05) is 49.4 Å². The van der Waals surface area contributed by atoms with E-state index in [9.17, 15) is 4.79 Å².